The largest absolute Gasteiger partial charge is 0.507 e. The molecule has 0 spiro atoms. The molecule has 19 heavy (non-hydrogen) atoms. The predicted molar refractivity (Wildman–Crippen MR) is 77.0 cm³/mol. The lowest BCUT2D eigenvalue weighted by Crippen LogP contribution is -2.12. The number of benzene rings is 2. The van der Waals surface area contributed by atoms with E-state index in [2.05, 4.69) is 5.32 Å². The third-order valence-corrected chi connectivity index (χ3v) is 3.20. The minimum atomic E-state index is -0.251. The quantitative estimate of drug-likeness (QED) is 0.873. The molecule has 2 rings (SSSR count). The first-order chi connectivity index (χ1) is 8.99. The smallest absolute Gasteiger partial charge is 0.255 e. The molecule has 1 amide bonds. The number of carbonyl (C=O) groups is 1. The van der Waals surface area contributed by atoms with Gasteiger partial charge in [0.15, 0.2) is 0 Å². The van der Waals surface area contributed by atoms with Crippen LogP contribution in [-0.2, 0) is 0 Å². The van der Waals surface area contributed by atoms with Gasteiger partial charge in [-0.25, -0.2) is 0 Å². The van der Waals surface area contributed by atoms with E-state index in [1.807, 2.05) is 0 Å². The molecule has 0 saturated carbocycles. The van der Waals surface area contributed by atoms with Crippen molar-refractivity contribution in [3.05, 3.63) is 58.1 Å². The molecule has 0 atom stereocenters. The first-order valence-electron chi connectivity index (χ1n) is 5.85. The molecule has 3 nitrogen and oxygen atoms in total. The van der Waals surface area contributed by atoms with E-state index in [1.165, 1.54) is 0 Å². The fraction of sp³-hybridized carbons (Fsp3) is 0.133. The molecule has 2 N–H and O–H groups in total. The molecule has 0 heterocycles. The fourth-order valence-electron chi connectivity index (χ4n) is 1.84. The average molecular weight is 276 g/mol. The highest BCUT2D eigenvalue weighted by molar-refractivity contribution is 6.33. The van der Waals surface area contributed by atoms with Crippen LogP contribution in [0.5, 0.6) is 5.75 Å². The third-order valence-electron chi connectivity index (χ3n) is 2.88. The van der Waals surface area contributed by atoms with Crippen LogP contribution in [0.1, 0.15) is 21.5 Å². The fourth-order valence-corrected chi connectivity index (χ4v) is 2.03. The predicted octanol–water partition coefficient (Wildman–Crippen LogP) is 3.91. The molecule has 0 saturated heterocycles. The molecular weight excluding hydrogens is 262 g/mol. The molecule has 0 aromatic heterocycles. The van der Waals surface area contributed by atoms with E-state index in [9.17, 15) is 9.90 Å². The molecule has 4 heteroatoms. The second-order valence-electron chi connectivity index (χ2n) is 4.39. The lowest BCUT2D eigenvalue weighted by Gasteiger charge is -2.09. The Morgan fingerprint density at radius 3 is 2.32 bits per heavy atom. The van der Waals surface area contributed by atoms with Crippen LogP contribution in [0, 0.1) is 13.8 Å². The van der Waals surface area contributed by atoms with Gasteiger partial charge in [-0.3, -0.25) is 4.79 Å². The minimum Gasteiger partial charge on any atom is -0.507 e. The number of anilines is 1. The molecule has 98 valence electrons. The van der Waals surface area contributed by atoms with E-state index >= 15 is 0 Å². The lowest BCUT2D eigenvalue weighted by molar-refractivity contribution is 0.102. The Hall–Kier alpha value is -2.00. The van der Waals surface area contributed by atoms with Crippen molar-refractivity contribution >= 4 is 23.2 Å². The van der Waals surface area contributed by atoms with Crippen LogP contribution in [0.3, 0.4) is 0 Å². The van der Waals surface area contributed by atoms with Gasteiger partial charge in [0.1, 0.15) is 5.75 Å². The number of hydrogen-bond donors (Lipinski definition) is 2. The number of aromatic hydroxyl groups is 1. The molecule has 0 unspecified atom stereocenters. The normalized spacial score (nSPS) is 10.3. The van der Waals surface area contributed by atoms with Crippen LogP contribution in [-0.4, -0.2) is 11.0 Å². The number of rotatable bonds is 2. The Balaban J connectivity index is 2.28. The summed E-state index contributed by atoms with van der Waals surface area (Å²) < 4.78 is 0. The van der Waals surface area contributed by atoms with Gasteiger partial charge < -0.3 is 10.4 Å². The monoisotopic (exact) mass is 275 g/mol. The van der Waals surface area contributed by atoms with Crippen LogP contribution in [0.15, 0.2) is 36.4 Å². The zero-order chi connectivity index (χ0) is 14.0. The van der Waals surface area contributed by atoms with Gasteiger partial charge in [-0.15, -0.1) is 0 Å². The average Bonchev–Trinajstić information content (AvgIpc) is 2.38. The summed E-state index contributed by atoms with van der Waals surface area (Å²) in [6.45, 7) is 3.52. The lowest BCUT2D eigenvalue weighted by atomic mass is 10.1. The standard InChI is InChI=1S/C15H14ClNO2/c1-9-7-11(8-10(2)14(9)18)15(19)17-13-6-4-3-5-12(13)16/h3-8,18H,1-2H3,(H,17,19). The zero-order valence-electron chi connectivity index (χ0n) is 10.7. The minimum absolute atomic E-state index is 0.217. The maximum Gasteiger partial charge on any atom is 0.255 e. The second kappa shape index (κ2) is 5.33. The summed E-state index contributed by atoms with van der Waals surface area (Å²) in [5.41, 5.74) is 2.40. The van der Waals surface area contributed by atoms with E-state index in [0.717, 1.165) is 0 Å². The van der Waals surface area contributed by atoms with Crippen molar-refractivity contribution < 1.29 is 9.90 Å². The summed E-state index contributed by atoms with van der Waals surface area (Å²) >= 11 is 5.99. The van der Waals surface area contributed by atoms with Gasteiger partial charge in [0.2, 0.25) is 0 Å². The number of para-hydroxylation sites is 1. The van der Waals surface area contributed by atoms with Crippen LogP contribution in [0.4, 0.5) is 5.69 Å². The van der Waals surface area contributed by atoms with Gasteiger partial charge in [0.25, 0.3) is 5.91 Å². The van der Waals surface area contributed by atoms with Gasteiger partial charge in [0.05, 0.1) is 10.7 Å². The number of phenols is 1. The van der Waals surface area contributed by atoms with E-state index in [1.54, 1.807) is 50.2 Å². The van der Waals surface area contributed by atoms with Crippen molar-refractivity contribution in [2.45, 2.75) is 13.8 Å². The molecular formula is C15H14ClNO2. The molecule has 2 aromatic rings. The highest BCUT2D eigenvalue weighted by Gasteiger charge is 2.11. The van der Waals surface area contributed by atoms with Gasteiger partial charge >= 0.3 is 0 Å². The number of nitrogens with one attached hydrogen (secondary N) is 1. The Morgan fingerprint density at radius 2 is 1.74 bits per heavy atom. The van der Waals surface area contributed by atoms with Crippen LogP contribution in [0.25, 0.3) is 0 Å². The Kier molecular flexibility index (Phi) is 3.76. The van der Waals surface area contributed by atoms with Gasteiger partial charge in [-0.2, -0.15) is 0 Å². The Bertz CT molecular complexity index is 615. The van der Waals surface area contributed by atoms with E-state index in [-0.39, 0.29) is 11.7 Å². The van der Waals surface area contributed by atoms with Crippen molar-refractivity contribution in [2.24, 2.45) is 0 Å². The van der Waals surface area contributed by atoms with Crippen molar-refractivity contribution in [2.75, 3.05) is 5.32 Å². The first-order valence-corrected chi connectivity index (χ1v) is 6.23. The van der Waals surface area contributed by atoms with Crippen molar-refractivity contribution in [3.8, 4) is 5.75 Å². The summed E-state index contributed by atoms with van der Waals surface area (Å²) in [6.07, 6.45) is 0. The number of halogens is 1. The SMILES string of the molecule is Cc1cc(C(=O)Nc2ccccc2Cl)cc(C)c1O. The summed E-state index contributed by atoms with van der Waals surface area (Å²) in [4.78, 5) is 12.1. The highest BCUT2D eigenvalue weighted by atomic mass is 35.5. The third kappa shape index (κ3) is 2.88. The Labute approximate surface area is 116 Å². The van der Waals surface area contributed by atoms with E-state index in [0.29, 0.717) is 27.4 Å². The first kappa shape index (κ1) is 13.4. The topological polar surface area (TPSA) is 49.3 Å². The maximum absolute atomic E-state index is 12.1. The van der Waals surface area contributed by atoms with Crippen LogP contribution >= 0.6 is 11.6 Å². The van der Waals surface area contributed by atoms with Crippen molar-refractivity contribution in [1.29, 1.82) is 0 Å². The number of carbonyl (C=O) groups excluding carboxylic acids is 1. The second-order valence-corrected chi connectivity index (χ2v) is 4.80. The van der Waals surface area contributed by atoms with Crippen molar-refractivity contribution in [3.63, 3.8) is 0 Å². The zero-order valence-corrected chi connectivity index (χ0v) is 11.5. The molecule has 0 radical (unpaired) electrons. The molecule has 2 aromatic carbocycles. The number of hydrogen-bond acceptors (Lipinski definition) is 2. The molecule has 0 aliphatic rings. The van der Waals surface area contributed by atoms with Gasteiger partial charge in [-0.05, 0) is 49.2 Å². The van der Waals surface area contributed by atoms with E-state index in [4.69, 9.17) is 11.6 Å². The Morgan fingerprint density at radius 1 is 1.16 bits per heavy atom. The van der Waals surface area contributed by atoms with Crippen LogP contribution in [0.2, 0.25) is 5.02 Å². The molecule has 0 bridgehead atoms. The van der Waals surface area contributed by atoms with E-state index < -0.39 is 0 Å². The summed E-state index contributed by atoms with van der Waals surface area (Å²) in [5, 5.41) is 12.9. The summed E-state index contributed by atoms with van der Waals surface area (Å²) in [5.74, 6) is -0.0337. The van der Waals surface area contributed by atoms with Gasteiger partial charge in [0, 0.05) is 5.56 Å². The van der Waals surface area contributed by atoms with Crippen LogP contribution < -0.4 is 5.32 Å². The number of phenolic OH excluding ortho intramolecular Hbond substituents is 1. The molecule has 0 aliphatic carbocycles. The molecule has 0 fully saturated rings. The summed E-state index contributed by atoms with van der Waals surface area (Å²) in [6, 6.07) is 10.3. The maximum atomic E-state index is 12.1. The molecule has 0 aliphatic heterocycles. The summed E-state index contributed by atoms with van der Waals surface area (Å²) in [7, 11) is 0. The number of aryl methyl sites for hydroxylation is 2. The van der Waals surface area contributed by atoms with Crippen molar-refractivity contribution in [1.82, 2.24) is 0 Å². The number of amides is 1. The highest BCUT2D eigenvalue weighted by Crippen LogP contribution is 2.25. The van der Waals surface area contributed by atoms with Gasteiger partial charge in [-0.1, -0.05) is 23.7 Å².